The lowest BCUT2D eigenvalue weighted by Crippen LogP contribution is -2.48. The lowest BCUT2D eigenvalue weighted by Gasteiger charge is -2.56. The first kappa shape index (κ1) is 15.0. The molecule has 24 heavy (non-hydrogen) atoms. The minimum atomic E-state index is 0.247. The third-order valence-electron chi connectivity index (χ3n) is 7.41. The Morgan fingerprint density at radius 3 is 2.42 bits per heavy atom. The molecule has 1 aromatic carbocycles. The Labute approximate surface area is 145 Å². The van der Waals surface area contributed by atoms with Crippen LogP contribution in [0.15, 0.2) is 24.3 Å². The largest absolute Gasteiger partial charge is 0.349 e. The van der Waals surface area contributed by atoms with Gasteiger partial charge in [-0.1, -0.05) is 24.3 Å². The van der Waals surface area contributed by atoms with Crippen molar-refractivity contribution >= 4 is 5.91 Å². The van der Waals surface area contributed by atoms with Crippen LogP contribution in [0.5, 0.6) is 0 Å². The number of hydrogen-bond donors (Lipinski definition) is 1. The molecule has 5 aliphatic rings. The summed E-state index contributed by atoms with van der Waals surface area (Å²) >= 11 is 0. The molecule has 0 aromatic heterocycles. The van der Waals surface area contributed by atoms with E-state index in [0.29, 0.717) is 11.3 Å². The fraction of sp³-hybridized carbons (Fsp3) is 0.682. The van der Waals surface area contributed by atoms with Crippen LogP contribution in [0.25, 0.3) is 0 Å². The van der Waals surface area contributed by atoms with Gasteiger partial charge in [-0.25, -0.2) is 0 Å². The van der Waals surface area contributed by atoms with Crippen molar-refractivity contribution in [1.82, 2.24) is 5.32 Å². The predicted octanol–water partition coefficient (Wildman–Crippen LogP) is 4.79. The van der Waals surface area contributed by atoms with E-state index in [0.717, 1.165) is 37.0 Å². The number of carbonyl (C=O) groups is 1. The van der Waals surface area contributed by atoms with E-state index in [1.807, 2.05) is 0 Å². The van der Waals surface area contributed by atoms with Crippen molar-refractivity contribution in [3.8, 4) is 0 Å². The molecule has 1 aromatic rings. The lowest BCUT2D eigenvalue weighted by atomic mass is 9.49. The molecule has 2 heteroatoms. The van der Waals surface area contributed by atoms with Gasteiger partial charge in [0.1, 0.15) is 0 Å². The number of rotatable bonds is 3. The van der Waals surface area contributed by atoms with Crippen LogP contribution in [-0.2, 0) is 11.2 Å². The first-order chi connectivity index (χ1) is 11.7. The summed E-state index contributed by atoms with van der Waals surface area (Å²) < 4.78 is 0. The van der Waals surface area contributed by atoms with Crippen molar-refractivity contribution in [2.45, 2.75) is 70.3 Å². The van der Waals surface area contributed by atoms with E-state index in [9.17, 15) is 4.79 Å². The second-order valence-corrected chi connectivity index (χ2v) is 9.31. The van der Waals surface area contributed by atoms with Gasteiger partial charge in [0, 0.05) is 6.42 Å². The number of fused-ring (bicyclic) bond motifs is 1. The quantitative estimate of drug-likeness (QED) is 0.851. The fourth-order valence-corrected chi connectivity index (χ4v) is 7.00. The van der Waals surface area contributed by atoms with Crippen molar-refractivity contribution in [2.75, 3.05) is 0 Å². The molecule has 0 aliphatic heterocycles. The summed E-state index contributed by atoms with van der Waals surface area (Å²) in [5, 5.41) is 3.41. The molecule has 6 rings (SSSR count). The average molecular weight is 323 g/mol. The third-order valence-corrected chi connectivity index (χ3v) is 7.41. The standard InChI is InChI=1S/C22H29NO/c24-21(23-20-7-3-5-18-4-1-2-6-19(18)20)14-22-11-15-8-16(12-22)10-17(9-15)13-22/h1-2,4,6,15-17,20H,3,5,7-14H2,(H,23,24)/t15?,16?,17?,20-,22?/m1/s1. The Bertz CT molecular complexity index is 614. The molecule has 4 fully saturated rings. The van der Waals surface area contributed by atoms with Crippen molar-refractivity contribution in [2.24, 2.45) is 23.2 Å². The summed E-state index contributed by atoms with van der Waals surface area (Å²) in [4.78, 5) is 12.9. The van der Waals surface area contributed by atoms with E-state index in [1.54, 1.807) is 0 Å². The Kier molecular flexibility index (Phi) is 3.50. The molecule has 1 atom stereocenters. The molecule has 0 spiro atoms. The lowest BCUT2D eigenvalue weighted by molar-refractivity contribution is -0.130. The zero-order valence-corrected chi connectivity index (χ0v) is 14.6. The molecule has 1 N–H and O–H groups in total. The van der Waals surface area contributed by atoms with Crippen LogP contribution in [0.4, 0.5) is 0 Å². The molecule has 0 unspecified atom stereocenters. The van der Waals surface area contributed by atoms with Crippen molar-refractivity contribution < 1.29 is 4.79 Å². The van der Waals surface area contributed by atoms with Crippen LogP contribution in [0.3, 0.4) is 0 Å². The van der Waals surface area contributed by atoms with Crippen LogP contribution < -0.4 is 5.32 Å². The van der Waals surface area contributed by atoms with E-state index in [4.69, 9.17) is 0 Å². The summed E-state index contributed by atoms with van der Waals surface area (Å²) in [5.74, 6) is 3.11. The van der Waals surface area contributed by atoms with Gasteiger partial charge < -0.3 is 5.32 Å². The summed E-state index contributed by atoms with van der Waals surface area (Å²) in [7, 11) is 0. The molecule has 1 amide bonds. The zero-order valence-electron chi connectivity index (χ0n) is 14.6. The zero-order chi connectivity index (χ0) is 16.1. The SMILES string of the molecule is O=C(CC12CC3CC(CC(C3)C1)C2)N[C@@H]1CCCc2ccccc21. The number of nitrogens with one attached hydrogen (secondary N) is 1. The third kappa shape index (κ3) is 2.59. The maximum absolute atomic E-state index is 12.9. The van der Waals surface area contributed by atoms with Crippen LogP contribution >= 0.6 is 0 Å². The van der Waals surface area contributed by atoms with Gasteiger partial charge >= 0.3 is 0 Å². The number of hydrogen-bond acceptors (Lipinski definition) is 1. The molecule has 0 heterocycles. The Hall–Kier alpha value is -1.31. The summed E-state index contributed by atoms with van der Waals surface area (Å²) in [6, 6.07) is 8.92. The normalized spacial score (nSPS) is 39.5. The van der Waals surface area contributed by atoms with Gasteiger partial charge in [0.25, 0.3) is 0 Å². The number of carbonyl (C=O) groups excluding carboxylic acids is 1. The van der Waals surface area contributed by atoms with Gasteiger partial charge in [-0.3, -0.25) is 4.79 Å². The highest BCUT2D eigenvalue weighted by Gasteiger charge is 2.51. The predicted molar refractivity (Wildman–Crippen MR) is 95.5 cm³/mol. The molecule has 128 valence electrons. The Balaban J connectivity index is 1.29. The van der Waals surface area contributed by atoms with Gasteiger partial charge in [0.05, 0.1) is 6.04 Å². The van der Waals surface area contributed by atoms with Crippen molar-refractivity contribution in [1.29, 1.82) is 0 Å². The summed E-state index contributed by atoms with van der Waals surface area (Å²) in [6.45, 7) is 0. The molecule has 2 nitrogen and oxygen atoms in total. The topological polar surface area (TPSA) is 29.1 Å². The van der Waals surface area contributed by atoms with Gasteiger partial charge in [-0.05, 0) is 92.1 Å². The maximum Gasteiger partial charge on any atom is 0.221 e. The van der Waals surface area contributed by atoms with Crippen LogP contribution in [-0.4, -0.2) is 5.91 Å². The highest BCUT2D eigenvalue weighted by molar-refractivity contribution is 5.77. The van der Waals surface area contributed by atoms with E-state index in [-0.39, 0.29) is 6.04 Å². The first-order valence-electron chi connectivity index (χ1n) is 10.1. The van der Waals surface area contributed by atoms with Gasteiger partial charge in [-0.2, -0.15) is 0 Å². The monoisotopic (exact) mass is 323 g/mol. The van der Waals surface area contributed by atoms with Crippen molar-refractivity contribution in [3.05, 3.63) is 35.4 Å². The number of aryl methyl sites for hydroxylation is 1. The molecular weight excluding hydrogens is 294 g/mol. The van der Waals surface area contributed by atoms with Gasteiger partial charge in [0.2, 0.25) is 5.91 Å². The number of amides is 1. The second kappa shape index (κ2) is 5.61. The average Bonchev–Trinajstić information content (AvgIpc) is 2.53. The molecule has 4 saturated carbocycles. The highest BCUT2D eigenvalue weighted by atomic mass is 16.1. The van der Waals surface area contributed by atoms with Crippen LogP contribution in [0, 0.1) is 23.2 Å². The highest BCUT2D eigenvalue weighted by Crippen LogP contribution is 2.61. The van der Waals surface area contributed by atoms with E-state index < -0.39 is 0 Å². The maximum atomic E-state index is 12.9. The second-order valence-electron chi connectivity index (χ2n) is 9.31. The van der Waals surface area contributed by atoms with E-state index in [1.165, 1.54) is 56.1 Å². The minimum absolute atomic E-state index is 0.247. The minimum Gasteiger partial charge on any atom is -0.349 e. The molecule has 5 aliphatic carbocycles. The van der Waals surface area contributed by atoms with E-state index >= 15 is 0 Å². The molecule has 0 radical (unpaired) electrons. The van der Waals surface area contributed by atoms with Crippen molar-refractivity contribution in [3.63, 3.8) is 0 Å². The van der Waals surface area contributed by atoms with Gasteiger partial charge in [-0.15, -0.1) is 0 Å². The molecule has 0 saturated heterocycles. The number of benzene rings is 1. The van der Waals surface area contributed by atoms with Crippen LogP contribution in [0.1, 0.15) is 75.0 Å². The Morgan fingerprint density at radius 2 is 1.71 bits per heavy atom. The fourth-order valence-electron chi connectivity index (χ4n) is 7.00. The summed E-state index contributed by atoms with van der Waals surface area (Å²) in [5.41, 5.74) is 3.15. The van der Waals surface area contributed by atoms with E-state index in [2.05, 4.69) is 29.6 Å². The smallest absolute Gasteiger partial charge is 0.221 e. The van der Waals surface area contributed by atoms with Gasteiger partial charge in [0.15, 0.2) is 0 Å². The molecular formula is C22H29NO. The molecule has 4 bridgehead atoms. The Morgan fingerprint density at radius 1 is 1.04 bits per heavy atom. The van der Waals surface area contributed by atoms with Crippen LogP contribution in [0.2, 0.25) is 0 Å². The first-order valence-corrected chi connectivity index (χ1v) is 10.1. The summed E-state index contributed by atoms with van der Waals surface area (Å²) in [6.07, 6.45) is 12.6.